The third-order valence-corrected chi connectivity index (χ3v) is 8.79. The number of pyridine rings is 1. The minimum absolute atomic E-state index is 0.199. The molecule has 0 saturated heterocycles. The van der Waals surface area contributed by atoms with Crippen molar-refractivity contribution in [1.29, 1.82) is 0 Å². The predicted molar refractivity (Wildman–Crippen MR) is 111 cm³/mol. The molecule has 2 atom stereocenters. The lowest BCUT2D eigenvalue weighted by atomic mass is 10.1. The normalized spacial score (nSPS) is 20.1. The van der Waals surface area contributed by atoms with Gasteiger partial charge in [-0.25, -0.2) is 14.0 Å². The smallest absolute Gasteiger partial charge is 0.353 e. The first-order valence-electron chi connectivity index (χ1n) is 9.50. The number of amides is 2. The molecule has 0 bridgehead atoms. The van der Waals surface area contributed by atoms with Crippen molar-refractivity contribution in [3.8, 4) is 0 Å². The summed E-state index contributed by atoms with van der Waals surface area (Å²) in [6.45, 7) is 3.23. The average molecular weight is 437 g/mol. The third-order valence-electron chi connectivity index (χ3n) is 5.24. The summed E-state index contributed by atoms with van der Waals surface area (Å²) >= 11 is 1.08. The highest BCUT2D eigenvalue weighted by Gasteiger charge is 2.31. The maximum atomic E-state index is 13.0. The summed E-state index contributed by atoms with van der Waals surface area (Å²) in [7, 11) is -3.06. The van der Waals surface area contributed by atoms with Crippen LogP contribution in [0.2, 0.25) is 0 Å². The molecule has 2 amide bonds. The van der Waals surface area contributed by atoms with Crippen molar-refractivity contribution in [2.75, 3.05) is 11.6 Å². The SMILES string of the molecule is CC(C)(O)c1cnc(S(C)(=O)=NC(=O)Nc2c3c(nc4c2CCC4O)CCC3)s1. The highest BCUT2D eigenvalue weighted by atomic mass is 32.2. The van der Waals surface area contributed by atoms with E-state index >= 15 is 0 Å². The predicted octanol–water partition coefficient (Wildman–Crippen LogP) is 2.92. The van der Waals surface area contributed by atoms with Crippen LogP contribution >= 0.6 is 11.3 Å². The Morgan fingerprint density at radius 1 is 1.34 bits per heavy atom. The van der Waals surface area contributed by atoms with E-state index in [0.717, 1.165) is 47.4 Å². The summed E-state index contributed by atoms with van der Waals surface area (Å²) in [4.78, 5) is 21.9. The van der Waals surface area contributed by atoms with Crippen molar-refractivity contribution < 1.29 is 19.2 Å². The van der Waals surface area contributed by atoms with E-state index < -0.39 is 27.5 Å². The van der Waals surface area contributed by atoms with E-state index in [2.05, 4.69) is 19.6 Å². The number of hydrogen-bond acceptors (Lipinski definition) is 7. The highest BCUT2D eigenvalue weighted by molar-refractivity contribution is 7.95. The van der Waals surface area contributed by atoms with E-state index in [1.54, 1.807) is 13.8 Å². The number of fused-ring (bicyclic) bond motifs is 2. The molecule has 0 spiro atoms. The summed E-state index contributed by atoms with van der Waals surface area (Å²) in [5.41, 5.74) is 2.94. The molecule has 10 heteroatoms. The summed E-state index contributed by atoms with van der Waals surface area (Å²) in [5.74, 6) is 0. The van der Waals surface area contributed by atoms with Crippen LogP contribution in [0.4, 0.5) is 10.5 Å². The van der Waals surface area contributed by atoms with E-state index in [1.807, 2.05) is 0 Å². The van der Waals surface area contributed by atoms with Gasteiger partial charge in [-0.2, -0.15) is 0 Å². The highest BCUT2D eigenvalue weighted by Crippen LogP contribution is 2.40. The molecule has 0 aliphatic heterocycles. The molecule has 0 aromatic carbocycles. The molecule has 2 aromatic rings. The summed E-state index contributed by atoms with van der Waals surface area (Å²) < 4.78 is 17.1. The number of nitrogens with zero attached hydrogens (tertiary/aromatic N) is 3. The van der Waals surface area contributed by atoms with Gasteiger partial charge in [0.15, 0.2) is 4.34 Å². The zero-order valence-electron chi connectivity index (χ0n) is 16.6. The van der Waals surface area contributed by atoms with Crippen molar-refractivity contribution in [2.45, 2.75) is 62.0 Å². The zero-order chi connectivity index (χ0) is 21.0. The van der Waals surface area contributed by atoms with E-state index in [-0.39, 0.29) is 4.34 Å². The Balaban J connectivity index is 1.66. The van der Waals surface area contributed by atoms with Crippen LogP contribution in [-0.4, -0.2) is 36.7 Å². The van der Waals surface area contributed by atoms with Crippen LogP contribution in [-0.2, 0) is 34.6 Å². The van der Waals surface area contributed by atoms with Gasteiger partial charge < -0.3 is 15.5 Å². The molecule has 2 aliphatic carbocycles. The summed E-state index contributed by atoms with van der Waals surface area (Å²) in [6.07, 6.45) is 6.00. The van der Waals surface area contributed by atoms with Crippen molar-refractivity contribution in [2.24, 2.45) is 4.36 Å². The molecular weight excluding hydrogens is 412 g/mol. The molecule has 2 aromatic heterocycles. The number of aromatic nitrogens is 2. The molecule has 0 fully saturated rings. The van der Waals surface area contributed by atoms with Gasteiger partial charge in [0.2, 0.25) is 0 Å². The number of hydrogen-bond donors (Lipinski definition) is 3. The maximum absolute atomic E-state index is 13.0. The Morgan fingerprint density at radius 2 is 2.10 bits per heavy atom. The number of aliphatic hydroxyl groups excluding tert-OH is 1. The minimum atomic E-state index is -3.06. The maximum Gasteiger partial charge on any atom is 0.353 e. The molecule has 0 saturated carbocycles. The number of carbonyl (C=O) groups excluding carboxylic acids is 1. The number of aryl methyl sites for hydroxylation is 1. The fraction of sp³-hybridized carbons (Fsp3) is 0.526. The Kier molecular flexibility index (Phi) is 5.01. The van der Waals surface area contributed by atoms with Crippen LogP contribution in [0.1, 0.15) is 60.2 Å². The van der Waals surface area contributed by atoms with E-state index in [4.69, 9.17) is 0 Å². The van der Waals surface area contributed by atoms with Crippen molar-refractivity contribution in [3.05, 3.63) is 33.6 Å². The molecule has 8 nitrogen and oxygen atoms in total. The number of aliphatic hydroxyl groups is 2. The van der Waals surface area contributed by atoms with Crippen LogP contribution in [0.25, 0.3) is 0 Å². The van der Waals surface area contributed by atoms with Crippen LogP contribution in [0.5, 0.6) is 0 Å². The molecule has 4 rings (SSSR count). The van der Waals surface area contributed by atoms with Crippen LogP contribution < -0.4 is 5.32 Å². The number of thiazole rings is 1. The van der Waals surface area contributed by atoms with Crippen LogP contribution in [0.3, 0.4) is 0 Å². The van der Waals surface area contributed by atoms with Crippen LogP contribution in [0, 0.1) is 0 Å². The second kappa shape index (κ2) is 7.12. The fourth-order valence-electron chi connectivity index (χ4n) is 3.78. The first kappa shape index (κ1) is 20.4. The van der Waals surface area contributed by atoms with Crippen molar-refractivity contribution in [3.63, 3.8) is 0 Å². The molecule has 2 unspecified atom stereocenters. The number of anilines is 1. The lowest BCUT2D eigenvalue weighted by molar-refractivity contribution is 0.0823. The largest absolute Gasteiger partial charge is 0.387 e. The zero-order valence-corrected chi connectivity index (χ0v) is 18.2. The van der Waals surface area contributed by atoms with Gasteiger partial charge >= 0.3 is 6.03 Å². The minimum Gasteiger partial charge on any atom is -0.387 e. The Morgan fingerprint density at radius 3 is 2.79 bits per heavy atom. The Labute approximate surface area is 173 Å². The van der Waals surface area contributed by atoms with E-state index in [1.165, 1.54) is 12.5 Å². The summed E-state index contributed by atoms with van der Waals surface area (Å²) in [6, 6.07) is -0.707. The topological polar surface area (TPSA) is 125 Å². The second-order valence-corrected chi connectivity index (χ2v) is 11.5. The molecule has 156 valence electrons. The third kappa shape index (κ3) is 3.81. The first-order chi connectivity index (χ1) is 13.6. The quantitative estimate of drug-likeness (QED) is 0.679. The van der Waals surface area contributed by atoms with Crippen molar-refractivity contribution >= 4 is 32.8 Å². The first-order valence-corrected chi connectivity index (χ1v) is 12.2. The van der Waals surface area contributed by atoms with Gasteiger partial charge in [0.05, 0.1) is 28.0 Å². The van der Waals surface area contributed by atoms with Gasteiger partial charge in [-0.05, 0) is 51.5 Å². The number of rotatable bonds is 3. The molecule has 29 heavy (non-hydrogen) atoms. The molecule has 3 N–H and O–H groups in total. The molecule has 2 heterocycles. The Hall–Kier alpha value is -1.88. The standard InChI is InChI=1S/C19H24N4O4S2/c1-19(2,26)14-9-20-18(28-14)29(3,27)23-17(25)22-15-10-5-4-6-12(10)21-16-11(15)7-8-13(16)24/h9,13,24,26H,4-8H2,1-3H3,(H,21,22,25). The van der Waals surface area contributed by atoms with Gasteiger partial charge in [-0.1, -0.05) is 0 Å². The van der Waals surface area contributed by atoms with Gasteiger partial charge in [-0.3, -0.25) is 4.98 Å². The Bertz CT molecular complexity index is 1110. The van der Waals surface area contributed by atoms with Gasteiger partial charge in [-0.15, -0.1) is 15.7 Å². The van der Waals surface area contributed by atoms with Crippen LogP contribution in [0.15, 0.2) is 14.9 Å². The number of carbonyl (C=O) groups is 1. The number of nitrogens with one attached hydrogen (secondary N) is 1. The van der Waals surface area contributed by atoms with Crippen molar-refractivity contribution in [1.82, 2.24) is 9.97 Å². The van der Waals surface area contributed by atoms with Gasteiger partial charge in [0, 0.05) is 23.7 Å². The number of urea groups is 1. The van der Waals surface area contributed by atoms with E-state index in [0.29, 0.717) is 29.1 Å². The molecule has 0 radical (unpaired) electrons. The average Bonchev–Trinajstić information content (AvgIpc) is 3.33. The van der Waals surface area contributed by atoms with Gasteiger partial charge in [0.25, 0.3) is 0 Å². The summed E-state index contributed by atoms with van der Waals surface area (Å²) in [5, 5.41) is 23.1. The molecular formula is C19H24N4O4S2. The lowest BCUT2D eigenvalue weighted by Gasteiger charge is -2.15. The fourth-order valence-corrected chi connectivity index (χ4v) is 6.12. The lowest BCUT2D eigenvalue weighted by Crippen LogP contribution is -2.14. The second-order valence-electron chi connectivity index (χ2n) is 8.06. The van der Waals surface area contributed by atoms with Gasteiger partial charge in [0.1, 0.15) is 9.73 Å². The monoisotopic (exact) mass is 436 g/mol. The van der Waals surface area contributed by atoms with E-state index in [9.17, 15) is 19.2 Å². The molecule has 2 aliphatic rings.